The maximum atomic E-state index is 12.8. The predicted octanol–water partition coefficient (Wildman–Crippen LogP) is 2.74. The number of aryl methyl sites for hydroxylation is 2. The van der Waals surface area contributed by atoms with Gasteiger partial charge in [-0.1, -0.05) is 30.3 Å². The van der Waals surface area contributed by atoms with Crippen molar-refractivity contribution in [2.75, 3.05) is 13.1 Å². The Hall–Kier alpha value is -2.14. The first-order valence-electron chi connectivity index (χ1n) is 9.65. The molecule has 1 amide bonds. The third kappa shape index (κ3) is 3.54. The Morgan fingerprint density at radius 3 is 2.69 bits per heavy atom. The van der Waals surface area contributed by atoms with Gasteiger partial charge in [0.05, 0.1) is 5.69 Å². The second-order valence-corrected chi connectivity index (χ2v) is 7.83. The lowest BCUT2D eigenvalue weighted by Crippen LogP contribution is -2.42. The van der Waals surface area contributed by atoms with Crippen molar-refractivity contribution in [3.8, 4) is 0 Å². The highest BCUT2D eigenvalue weighted by molar-refractivity contribution is 5.77. The van der Waals surface area contributed by atoms with E-state index in [0.717, 1.165) is 44.7 Å². The molecule has 2 fully saturated rings. The van der Waals surface area contributed by atoms with Crippen molar-refractivity contribution in [2.24, 2.45) is 13.0 Å². The fourth-order valence-corrected chi connectivity index (χ4v) is 4.58. The summed E-state index contributed by atoms with van der Waals surface area (Å²) in [6.45, 7) is 5.80. The quantitative estimate of drug-likeness (QED) is 0.850. The summed E-state index contributed by atoms with van der Waals surface area (Å²) >= 11 is 0. The van der Waals surface area contributed by atoms with E-state index in [2.05, 4.69) is 52.3 Å². The second kappa shape index (κ2) is 7.23. The van der Waals surface area contributed by atoms with Gasteiger partial charge in [-0.2, -0.15) is 5.10 Å². The highest BCUT2D eigenvalue weighted by atomic mass is 16.2. The zero-order chi connectivity index (χ0) is 18.1. The lowest BCUT2D eigenvalue weighted by molar-refractivity contribution is -0.133. The van der Waals surface area contributed by atoms with E-state index < -0.39 is 0 Å². The topological polar surface area (TPSA) is 41.4 Å². The minimum Gasteiger partial charge on any atom is -0.334 e. The molecule has 1 aromatic carbocycles. The molecule has 5 nitrogen and oxygen atoms in total. The van der Waals surface area contributed by atoms with Gasteiger partial charge in [-0.3, -0.25) is 14.4 Å². The summed E-state index contributed by atoms with van der Waals surface area (Å²) < 4.78 is 1.89. The molecule has 138 valence electrons. The number of aromatic nitrogens is 2. The first-order chi connectivity index (χ1) is 12.6. The van der Waals surface area contributed by atoms with Gasteiger partial charge in [-0.15, -0.1) is 0 Å². The van der Waals surface area contributed by atoms with Crippen LogP contribution in [0.1, 0.15) is 36.1 Å². The molecule has 2 saturated heterocycles. The fraction of sp³-hybridized carbons (Fsp3) is 0.524. The van der Waals surface area contributed by atoms with Gasteiger partial charge >= 0.3 is 0 Å². The summed E-state index contributed by atoms with van der Waals surface area (Å²) in [4.78, 5) is 17.4. The van der Waals surface area contributed by atoms with Crippen LogP contribution in [0, 0.1) is 12.8 Å². The lowest BCUT2D eigenvalue weighted by atomic mass is 9.98. The molecule has 0 radical (unpaired) electrons. The average Bonchev–Trinajstić information content (AvgIpc) is 3.12. The van der Waals surface area contributed by atoms with Crippen molar-refractivity contribution in [3.63, 3.8) is 0 Å². The molecule has 1 aromatic heterocycles. The molecule has 0 bridgehead atoms. The molecule has 5 heteroatoms. The van der Waals surface area contributed by atoms with Crippen molar-refractivity contribution in [2.45, 2.75) is 45.3 Å². The fourth-order valence-electron chi connectivity index (χ4n) is 4.58. The van der Waals surface area contributed by atoms with E-state index in [1.807, 2.05) is 17.8 Å². The Balaban J connectivity index is 1.50. The molecule has 2 atom stereocenters. The Bertz CT molecular complexity index is 770. The summed E-state index contributed by atoms with van der Waals surface area (Å²) in [6.07, 6.45) is 4.99. The van der Waals surface area contributed by atoms with Crippen LogP contribution in [0.25, 0.3) is 0 Å². The van der Waals surface area contributed by atoms with Crippen molar-refractivity contribution in [1.82, 2.24) is 19.6 Å². The normalized spacial score (nSPS) is 23.9. The number of fused-ring (bicyclic) bond motifs is 1. The van der Waals surface area contributed by atoms with Gasteiger partial charge in [0.1, 0.15) is 0 Å². The van der Waals surface area contributed by atoms with Gasteiger partial charge < -0.3 is 4.90 Å². The number of nitrogens with zero attached hydrogens (tertiary/aromatic N) is 4. The van der Waals surface area contributed by atoms with Crippen LogP contribution in [-0.4, -0.2) is 44.6 Å². The highest BCUT2D eigenvalue weighted by Crippen LogP contribution is 2.32. The Morgan fingerprint density at radius 2 is 1.96 bits per heavy atom. The first kappa shape index (κ1) is 17.3. The number of carbonyl (C=O) groups is 1. The van der Waals surface area contributed by atoms with Crippen LogP contribution in [0.15, 0.2) is 36.5 Å². The molecule has 26 heavy (non-hydrogen) atoms. The number of rotatable bonds is 4. The number of hydrogen-bond donors (Lipinski definition) is 0. The van der Waals surface area contributed by atoms with Crippen molar-refractivity contribution in [1.29, 1.82) is 0 Å². The Morgan fingerprint density at radius 1 is 1.15 bits per heavy atom. The van der Waals surface area contributed by atoms with E-state index >= 15 is 0 Å². The van der Waals surface area contributed by atoms with Gasteiger partial charge in [-0.25, -0.2) is 0 Å². The van der Waals surface area contributed by atoms with E-state index in [9.17, 15) is 4.79 Å². The Labute approximate surface area is 155 Å². The van der Waals surface area contributed by atoms with E-state index in [1.54, 1.807) is 0 Å². The van der Waals surface area contributed by atoms with Gasteiger partial charge in [-0.05, 0) is 31.2 Å². The maximum Gasteiger partial charge on any atom is 0.223 e. The third-order valence-electron chi connectivity index (χ3n) is 5.87. The zero-order valence-electron chi connectivity index (χ0n) is 15.8. The van der Waals surface area contributed by atoms with Gasteiger partial charge in [0, 0.05) is 57.4 Å². The molecule has 0 aliphatic carbocycles. The maximum absolute atomic E-state index is 12.8. The van der Waals surface area contributed by atoms with Gasteiger partial charge in [0.15, 0.2) is 0 Å². The Kier molecular flexibility index (Phi) is 4.81. The smallest absolute Gasteiger partial charge is 0.223 e. The predicted molar refractivity (Wildman–Crippen MR) is 101 cm³/mol. The van der Waals surface area contributed by atoms with Crippen LogP contribution in [-0.2, 0) is 24.9 Å². The number of hydrogen-bond acceptors (Lipinski definition) is 3. The van der Waals surface area contributed by atoms with Crippen molar-refractivity contribution < 1.29 is 4.79 Å². The minimum absolute atomic E-state index is 0.320. The van der Waals surface area contributed by atoms with Crippen LogP contribution in [0.2, 0.25) is 0 Å². The number of likely N-dealkylation sites (tertiary alicyclic amines) is 2. The number of benzene rings is 1. The summed E-state index contributed by atoms with van der Waals surface area (Å²) in [5.41, 5.74) is 3.63. The van der Waals surface area contributed by atoms with Crippen LogP contribution in [0.5, 0.6) is 0 Å². The average molecular weight is 352 g/mol. The molecule has 2 aromatic rings. The van der Waals surface area contributed by atoms with Gasteiger partial charge in [0.2, 0.25) is 5.91 Å². The molecule has 2 aliphatic heterocycles. The zero-order valence-corrected chi connectivity index (χ0v) is 15.8. The first-order valence-corrected chi connectivity index (χ1v) is 9.65. The highest BCUT2D eigenvalue weighted by Gasteiger charge is 2.40. The van der Waals surface area contributed by atoms with E-state index in [1.165, 1.54) is 11.1 Å². The number of amides is 1. The van der Waals surface area contributed by atoms with E-state index in [-0.39, 0.29) is 0 Å². The van der Waals surface area contributed by atoms with Crippen LogP contribution >= 0.6 is 0 Å². The molecule has 0 spiro atoms. The minimum atomic E-state index is 0.320. The van der Waals surface area contributed by atoms with Crippen molar-refractivity contribution in [3.05, 3.63) is 53.3 Å². The van der Waals surface area contributed by atoms with Crippen LogP contribution in [0.4, 0.5) is 0 Å². The number of carbonyl (C=O) groups excluding carboxylic acids is 1. The van der Waals surface area contributed by atoms with Crippen molar-refractivity contribution >= 4 is 5.91 Å². The summed E-state index contributed by atoms with van der Waals surface area (Å²) in [7, 11) is 1.98. The van der Waals surface area contributed by atoms with Crippen LogP contribution < -0.4 is 0 Å². The molecule has 4 rings (SSSR count). The standard InChI is InChI=1S/C21H28N4O/c1-16-19(12-23(2)22-16)14-24-13-18-9-6-10-21(26)25(20(18)15-24)11-17-7-4-3-5-8-17/h3-5,7-8,12,18,20H,6,9-11,13-15H2,1-2H3/t18-,20+/m1/s1. The summed E-state index contributed by atoms with van der Waals surface area (Å²) in [5, 5.41) is 4.47. The van der Waals surface area contributed by atoms with Crippen LogP contribution in [0.3, 0.4) is 0 Å². The molecule has 2 aliphatic rings. The van der Waals surface area contributed by atoms with E-state index in [0.29, 0.717) is 24.3 Å². The summed E-state index contributed by atoms with van der Waals surface area (Å²) in [5.74, 6) is 0.905. The molecule has 0 N–H and O–H groups in total. The largest absolute Gasteiger partial charge is 0.334 e. The molecular weight excluding hydrogens is 324 g/mol. The third-order valence-corrected chi connectivity index (χ3v) is 5.87. The van der Waals surface area contributed by atoms with E-state index in [4.69, 9.17) is 0 Å². The van der Waals surface area contributed by atoms with Gasteiger partial charge in [0.25, 0.3) is 0 Å². The summed E-state index contributed by atoms with van der Waals surface area (Å²) in [6, 6.07) is 10.7. The molecular formula is C21H28N4O. The SMILES string of the molecule is Cc1nn(C)cc1CN1C[C@H]2CCCC(=O)N(Cc3ccccc3)[C@H]2C1. The molecule has 0 unspecified atom stereocenters. The second-order valence-electron chi connectivity index (χ2n) is 7.83. The monoisotopic (exact) mass is 352 g/mol. The molecule has 0 saturated carbocycles. The lowest BCUT2D eigenvalue weighted by Gasteiger charge is -2.30. The molecule has 3 heterocycles.